The second kappa shape index (κ2) is 4.65. The monoisotopic (exact) mass is 259 g/mol. The Labute approximate surface area is 109 Å². The molecular formula is C11H13N7O. The van der Waals surface area contributed by atoms with Crippen LogP contribution in [0, 0.1) is 0 Å². The van der Waals surface area contributed by atoms with E-state index in [1.54, 1.807) is 22.5 Å². The second-order valence-electron chi connectivity index (χ2n) is 4.02. The SMILES string of the molecule is COCc1nn(C)cc1Nc1ccnc2ncnn12. The first-order valence-electron chi connectivity index (χ1n) is 5.71. The summed E-state index contributed by atoms with van der Waals surface area (Å²) < 4.78 is 8.49. The van der Waals surface area contributed by atoms with Gasteiger partial charge >= 0.3 is 0 Å². The van der Waals surface area contributed by atoms with E-state index in [2.05, 4.69) is 25.5 Å². The molecule has 0 bridgehead atoms. The molecule has 0 fully saturated rings. The Morgan fingerprint density at radius 1 is 1.37 bits per heavy atom. The van der Waals surface area contributed by atoms with Crippen LogP contribution in [0.2, 0.25) is 0 Å². The molecule has 0 aliphatic heterocycles. The van der Waals surface area contributed by atoms with Crippen LogP contribution in [0.1, 0.15) is 5.69 Å². The van der Waals surface area contributed by atoms with Gasteiger partial charge in [0, 0.05) is 26.6 Å². The molecule has 0 radical (unpaired) electrons. The summed E-state index contributed by atoms with van der Waals surface area (Å²) in [7, 11) is 3.50. The van der Waals surface area contributed by atoms with E-state index in [0.717, 1.165) is 17.2 Å². The zero-order chi connectivity index (χ0) is 13.2. The van der Waals surface area contributed by atoms with Gasteiger partial charge in [-0.3, -0.25) is 4.68 Å². The maximum absolute atomic E-state index is 5.13. The van der Waals surface area contributed by atoms with Crippen LogP contribution in [0.25, 0.3) is 5.78 Å². The largest absolute Gasteiger partial charge is 0.378 e. The van der Waals surface area contributed by atoms with E-state index in [-0.39, 0.29) is 0 Å². The van der Waals surface area contributed by atoms with Crippen LogP contribution in [0.3, 0.4) is 0 Å². The first-order valence-corrected chi connectivity index (χ1v) is 5.71. The van der Waals surface area contributed by atoms with Crippen LogP contribution >= 0.6 is 0 Å². The fourth-order valence-electron chi connectivity index (χ4n) is 1.85. The lowest BCUT2D eigenvalue weighted by atomic mass is 10.4. The summed E-state index contributed by atoms with van der Waals surface area (Å²) in [4.78, 5) is 8.15. The average molecular weight is 259 g/mol. The van der Waals surface area contributed by atoms with Gasteiger partial charge < -0.3 is 10.1 Å². The summed E-state index contributed by atoms with van der Waals surface area (Å²) in [6.07, 6.45) is 5.03. The Balaban J connectivity index is 1.98. The molecule has 3 rings (SSSR count). The van der Waals surface area contributed by atoms with E-state index in [0.29, 0.717) is 12.4 Å². The standard InChI is InChI=1S/C11H13N7O/c1-17-5-8(9(16-17)6-19-2)15-10-3-4-12-11-13-7-14-18(10)11/h3-5,7,15H,6H2,1-2H3. The Hall–Kier alpha value is -2.48. The van der Waals surface area contributed by atoms with Crippen LogP contribution in [-0.4, -0.2) is 36.5 Å². The van der Waals surface area contributed by atoms with Gasteiger partial charge in [0.1, 0.15) is 17.8 Å². The van der Waals surface area contributed by atoms with Crippen molar-refractivity contribution in [2.75, 3.05) is 12.4 Å². The van der Waals surface area contributed by atoms with Crippen LogP contribution in [0.4, 0.5) is 11.5 Å². The normalized spacial score (nSPS) is 11.1. The van der Waals surface area contributed by atoms with Crippen molar-refractivity contribution in [3.8, 4) is 0 Å². The van der Waals surface area contributed by atoms with Crippen LogP contribution in [0.15, 0.2) is 24.8 Å². The van der Waals surface area contributed by atoms with Crippen molar-refractivity contribution in [3.63, 3.8) is 0 Å². The fraction of sp³-hybridized carbons (Fsp3) is 0.273. The van der Waals surface area contributed by atoms with Gasteiger partial charge in [0.15, 0.2) is 0 Å². The molecule has 0 saturated carbocycles. The number of aromatic nitrogens is 6. The summed E-state index contributed by atoms with van der Waals surface area (Å²) in [5, 5.41) is 11.7. The highest BCUT2D eigenvalue weighted by atomic mass is 16.5. The van der Waals surface area contributed by atoms with E-state index in [4.69, 9.17) is 4.74 Å². The minimum atomic E-state index is 0.439. The lowest BCUT2D eigenvalue weighted by Gasteiger charge is -2.06. The van der Waals surface area contributed by atoms with Crippen molar-refractivity contribution in [3.05, 3.63) is 30.5 Å². The van der Waals surface area contributed by atoms with Gasteiger partial charge in [0.2, 0.25) is 0 Å². The molecule has 1 N–H and O–H groups in total. The van der Waals surface area contributed by atoms with E-state index in [1.165, 1.54) is 6.33 Å². The van der Waals surface area contributed by atoms with E-state index in [9.17, 15) is 0 Å². The predicted octanol–water partition coefficient (Wildman–Crippen LogP) is 0.748. The quantitative estimate of drug-likeness (QED) is 0.744. The molecule has 0 spiro atoms. The van der Waals surface area contributed by atoms with Gasteiger partial charge in [-0.2, -0.15) is 19.7 Å². The summed E-state index contributed by atoms with van der Waals surface area (Å²) in [6, 6.07) is 1.82. The lowest BCUT2D eigenvalue weighted by Crippen LogP contribution is -2.02. The third-order valence-electron chi connectivity index (χ3n) is 2.63. The maximum Gasteiger partial charge on any atom is 0.254 e. The molecule has 0 atom stereocenters. The molecule has 3 aromatic rings. The highest BCUT2D eigenvalue weighted by molar-refractivity contribution is 5.59. The van der Waals surface area contributed by atoms with Gasteiger partial charge in [0.05, 0.1) is 12.3 Å². The smallest absolute Gasteiger partial charge is 0.254 e. The Morgan fingerprint density at radius 2 is 2.26 bits per heavy atom. The molecule has 98 valence electrons. The number of anilines is 2. The zero-order valence-electron chi connectivity index (χ0n) is 10.6. The molecule has 8 nitrogen and oxygen atoms in total. The third kappa shape index (κ3) is 2.13. The number of nitrogens with zero attached hydrogens (tertiary/aromatic N) is 6. The maximum atomic E-state index is 5.13. The minimum Gasteiger partial charge on any atom is -0.378 e. The lowest BCUT2D eigenvalue weighted by molar-refractivity contribution is 0.181. The first kappa shape index (κ1) is 11.6. The van der Waals surface area contributed by atoms with Gasteiger partial charge in [-0.05, 0) is 6.07 Å². The second-order valence-corrected chi connectivity index (χ2v) is 4.02. The Morgan fingerprint density at radius 3 is 3.11 bits per heavy atom. The van der Waals surface area contributed by atoms with Crippen molar-refractivity contribution in [1.82, 2.24) is 29.4 Å². The number of fused-ring (bicyclic) bond motifs is 1. The number of nitrogens with one attached hydrogen (secondary N) is 1. The van der Waals surface area contributed by atoms with Crippen molar-refractivity contribution < 1.29 is 4.74 Å². The molecule has 0 aliphatic carbocycles. The average Bonchev–Trinajstić information content (AvgIpc) is 2.98. The van der Waals surface area contributed by atoms with Crippen molar-refractivity contribution in [2.24, 2.45) is 7.05 Å². The number of hydrogen-bond acceptors (Lipinski definition) is 6. The van der Waals surface area contributed by atoms with Crippen LogP contribution in [-0.2, 0) is 18.4 Å². The van der Waals surface area contributed by atoms with Gasteiger partial charge in [-0.25, -0.2) is 4.98 Å². The predicted molar refractivity (Wildman–Crippen MR) is 68.0 cm³/mol. The molecule has 0 aromatic carbocycles. The summed E-state index contributed by atoms with van der Waals surface area (Å²) in [5.41, 5.74) is 1.70. The third-order valence-corrected chi connectivity index (χ3v) is 2.63. The summed E-state index contributed by atoms with van der Waals surface area (Å²) in [6.45, 7) is 0.439. The Bertz CT molecular complexity index is 702. The number of ether oxygens (including phenoxy) is 1. The highest BCUT2D eigenvalue weighted by Gasteiger charge is 2.10. The number of aryl methyl sites for hydroxylation is 1. The highest BCUT2D eigenvalue weighted by Crippen LogP contribution is 2.20. The molecule has 19 heavy (non-hydrogen) atoms. The van der Waals surface area contributed by atoms with Gasteiger partial charge in [-0.1, -0.05) is 0 Å². The first-order chi connectivity index (χ1) is 9.28. The molecule has 0 amide bonds. The Kier molecular flexibility index (Phi) is 2.84. The zero-order valence-corrected chi connectivity index (χ0v) is 10.6. The molecule has 0 aliphatic rings. The molecule has 8 heteroatoms. The van der Waals surface area contributed by atoms with E-state index >= 15 is 0 Å². The van der Waals surface area contributed by atoms with Gasteiger partial charge in [0.25, 0.3) is 5.78 Å². The number of hydrogen-bond donors (Lipinski definition) is 1. The summed E-state index contributed by atoms with van der Waals surface area (Å²) in [5.74, 6) is 1.31. The van der Waals surface area contributed by atoms with E-state index < -0.39 is 0 Å². The van der Waals surface area contributed by atoms with Gasteiger partial charge in [-0.15, -0.1) is 0 Å². The van der Waals surface area contributed by atoms with Crippen LogP contribution in [0.5, 0.6) is 0 Å². The molecule has 3 heterocycles. The van der Waals surface area contributed by atoms with Crippen LogP contribution < -0.4 is 5.32 Å². The number of rotatable bonds is 4. The summed E-state index contributed by atoms with van der Waals surface area (Å²) >= 11 is 0. The fourth-order valence-corrected chi connectivity index (χ4v) is 1.85. The van der Waals surface area contributed by atoms with E-state index in [1.807, 2.05) is 19.3 Å². The molecular weight excluding hydrogens is 246 g/mol. The van der Waals surface area contributed by atoms with Crippen molar-refractivity contribution >= 4 is 17.3 Å². The molecule has 3 aromatic heterocycles. The van der Waals surface area contributed by atoms with Crippen molar-refractivity contribution in [2.45, 2.75) is 6.61 Å². The topological polar surface area (TPSA) is 82.2 Å². The minimum absolute atomic E-state index is 0.439. The number of methoxy groups -OCH3 is 1. The molecule has 0 unspecified atom stereocenters. The van der Waals surface area contributed by atoms with Crippen molar-refractivity contribution in [1.29, 1.82) is 0 Å². The molecule has 0 saturated heterocycles.